The molecule has 1 aromatic carbocycles. The van der Waals surface area contributed by atoms with Crippen LogP contribution in [0.1, 0.15) is 22.5 Å². The molecule has 0 aliphatic heterocycles. The van der Waals surface area contributed by atoms with Gasteiger partial charge in [0.2, 0.25) is 0 Å². The highest BCUT2D eigenvalue weighted by molar-refractivity contribution is 7.17. The molecule has 0 saturated heterocycles. The first kappa shape index (κ1) is 17.9. The van der Waals surface area contributed by atoms with E-state index >= 15 is 0 Å². The Morgan fingerprint density at radius 2 is 2.08 bits per heavy atom. The summed E-state index contributed by atoms with van der Waals surface area (Å²) in [4.78, 5) is 29.4. The fraction of sp³-hybridized carbons (Fsp3) is 0.312. The van der Waals surface area contributed by atoms with Crippen molar-refractivity contribution in [1.82, 2.24) is 4.98 Å². The lowest BCUT2D eigenvalue weighted by Crippen LogP contribution is -2.19. The fourth-order valence-corrected chi connectivity index (χ4v) is 2.65. The van der Waals surface area contributed by atoms with E-state index in [4.69, 9.17) is 4.74 Å². The molecular weight excluding hydrogens is 335 g/mol. The van der Waals surface area contributed by atoms with Gasteiger partial charge in [-0.2, -0.15) is 0 Å². The van der Waals surface area contributed by atoms with Gasteiger partial charge in [0.05, 0.1) is 13.3 Å². The minimum absolute atomic E-state index is 0.121. The number of benzene rings is 1. The minimum Gasteiger partial charge on any atom is -0.469 e. The Morgan fingerprint density at radius 3 is 2.79 bits per heavy atom. The predicted octanol–water partition coefficient (Wildman–Crippen LogP) is 2.89. The number of anilines is 1. The van der Waals surface area contributed by atoms with E-state index in [1.807, 2.05) is 11.9 Å². The number of ether oxygens (including phenoxy) is 2. The number of rotatable bonds is 7. The van der Waals surface area contributed by atoms with Crippen molar-refractivity contribution >= 4 is 28.4 Å². The number of nitrogens with zero attached hydrogens (tertiary/aromatic N) is 2. The smallest absolute Gasteiger partial charge is 0.355 e. The maximum Gasteiger partial charge on any atom is 0.355 e. The Morgan fingerprint density at radius 1 is 1.33 bits per heavy atom. The van der Waals surface area contributed by atoms with E-state index < -0.39 is 11.8 Å². The van der Waals surface area contributed by atoms with Gasteiger partial charge in [0.25, 0.3) is 0 Å². The lowest BCUT2D eigenvalue weighted by atomic mass is 10.3. The molecule has 128 valence electrons. The van der Waals surface area contributed by atoms with Crippen LogP contribution in [0.4, 0.5) is 9.52 Å². The Hall–Kier alpha value is -2.48. The Kier molecular flexibility index (Phi) is 6.25. The number of esters is 2. The molecule has 6 nitrogen and oxygen atoms in total. The van der Waals surface area contributed by atoms with Gasteiger partial charge in [-0.15, -0.1) is 0 Å². The number of hydrogen-bond donors (Lipinski definition) is 0. The molecule has 0 atom stereocenters. The number of carbonyl (C=O) groups excluding carboxylic acids is 2. The monoisotopic (exact) mass is 352 g/mol. The topological polar surface area (TPSA) is 68.7 Å². The first-order valence-electron chi connectivity index (χ1n) is 7.21. The minimum atomic E-state index is -0.660. The lowest BCUT2D eigenvalue weighted by Gasteiger charge is -2.14. The molecule has 0 radical (unpaired) electrons. The van der Waals surface area contributed by atoms with Gasteiger partial charge in [0.1, 0.15) is 4.88 Å². The van der Waals surface area contributed by atoms with Gasteiger partial charge in [0.15, 0.2) is 16.7 Å². The summed E-state index contributed by atoms with van der Waals surface area (Å²) in [5.74, 6) is -1.65. The molecule has 1 aromatic heterocycles. The molecule has 24 heavy (non-hydrogen) atoms. The fourth-order valence-electron chi connectivity index (χ4n) is 1.87. The number of carbonyl (C=O) groups is 2. The number of halogens is 1. The van der Waals surface area contributed by atoms with Crippen LogP contribution in [-0.2, 0) is 9.53 Å². The van der Waals surface area contributed by atoms with E-state index in [0.717, 1.165) is 11.3 Å². The summed E-state index contributed by atoms with van der Waals surface area (Å²) in [7, 11) is 3.16. The zero-order chi connectivity index (χ0) is 17.5. The van der Waals surface area contributed by atoms with Crippen LogP contribution < -0.4 is 9.64 Å². The Labute approximate surface area is 142 Å². The summed E-state index contributed by atoms with van der Waals surface area (Å²) in [6.07, 6.45) is 2.31. The number of para-hydroxylation sites is 1. The van der Waals surface area contributed by atoms with Crippen molar-refractivity contribution in [2.45, 2.75) is 12.8 Å². The normalized spacial score (nSPS) is 10.3. The molecule has 2 aromatic rings. The first-order chi connectivity index (χ1) is 11.5. The Balaban J connectivity index is 1.93. The average Bonchev–Trinajstić information content (AvgIpc) is 3.07. The largest absolute Gasteiger partial charge is 0.469 e. The first-order valence-corrected chi connectivity index (χ1v) is 8.03. The number of hydrogen-bond acceptors (Lipinski definition) is 7. The molecule has 8 heteroatoms. The molecule has 0 unspecified atom stereocenters. The molecule has 0 fully saturated rings. The quantitative estimate of drug-likeness (QED) is 0.564. The van der Waals surface area contributed by atoms with Crippen molar-refractivity contribution in [3.8, 4) is 5.75 Å². The second-order valence-electron chi connectivity index (χ2n) is 4.93. The van der Waals surface area contributed by atoms with Crippen LogP contribution in [0, 0.1) is 5.82 Å². The van der Waals surface area contributed by atoms with E-state index in [1.165, 1.54) is 31.5 Å². The van der Waals surface area contributed by atoms with Crippen LogP contribution in [0.2, 0.25) is 0 Å². The van der Waals surface area contributed by atoms with Gasteiger partial charge in [-0.3, -0.25) is 4.79 Å². The summed E-state index contributed by atoms with van der Waals surface area (Å²) in [5, 5.41) is 0.611. The van der Waals surface area contributed by atoms with Crippen molar-refractivity contribution < 1.29 is 23.5 Å². The highest BCUT2D eigenvalue weighted by atomic mass is 32.1. The van der Waals surface area contributed by atoms with Gasteiger partial charge in [-0.05, 0) is 18.6 Å². The second kappa shape index (κ2) is 8.39. The zero-order valence-electron chi connectivity index (χ0n) is 13.3. The number of methoxy groups -OCH3 is 1. The molecular formula is C16H17FN2O4S. The summed E-state index contributed by atoms with van der Waals surface area (Å²) in [5.41, 5.74) is 0. The van der Waals surface area contributed by atoms with Crippen LogP contribution in [0.3, 0.4) is 0 Å². The van der Waals surface area contributed by atoms with Crippen LogP contribution >= 0.6 is 11.3 Å². The van der Waals surface area contributed by atoms with E-state index in [-0.39, 0.29) is 16.6 Å². The third-order valence-electron chi connectivity index (χ3n) is 3.16. The van der Waals surface area contributed by atoms with Crippen molar-refractivity contribution in [1.29, 1.82) is 0 Å². The maximum absolute atomic E-state index is 13.5. The van der Waals surface area contributed by atoms with E-state index in [9.17, 15) is 14.0 Å². The molecule has 0 saturated carbocycles. The van der Waals surface area contributed by atoms with Crippen LogP contribution in [0.5, 0.6) is 5.75 Å². The van der Waals surface area contributed by atoms with Gasteiger partial charge in [-0.1, -0.05) is 23.5 Å². The van der Waals surface area contributed by atoms with Crippen molar-refractivity contribution in [3.63, 3.8) is 0 Å². The molecule has 1 heterocycles. The lowest BCUT2D eigenvalue weighted by molar-refractivity contribution is -0.140. The van der Waals surface area contributed by atoms with Crippen molar-refractivity contribution in [2.75, 3.05) is 25.6 Å². The van der Waals surface area contributed by atoms with Crippen molar-refractivity contribution in [3.05, 3.63) is 41.2 Å². The zero-order valence-corrected chi connectivity index (χ0v) is 14.1. The summed E-state index contributed by atoms with van der Waals surface area (Å²) >= 11 is 1.14. The van der Waals surface area contributed by atoms with E-state index in [1.54, 1.807) is 6.07 Å². The standard InChI is InChI=1S/C16H17FN2O4S/c1-19(9-5-8-14(20)22-2)16-18-10-13(24-16)15(21)23-12-7-4-3-6-11(12)17/h3-4,6-7,10H,5,8-9H2,1-2H3. The van der Waals surface area contributed by atoms with Crippen LogP contribution in [0.25, 0.3) is 0 Å². The van der Waals surface area contributed by atoms with Crippen molar-refractivity contribution in [2.24, 2.45) is 0 Å². The SMILES string of the molecule is COC(=O)CCCN(C)c1ncc(C(=O)Oc2ccccc2F)s1. The molecule has 2 rings (SSSR count). The number of thiazole rings is 1. The van der Waals surface area contributed by atoms with Gasteiger partial charge < -0.3 is 14.4 Å². The molecule has 0 aliphatic carbocycles. The van der Waals surface area contributed by atoms with Gasteiger partial charge in [0, 0.05) is 20.0 Å². The van der Waals surface area contributed by atoms with Gasteiger partial charge >= 0.3 is 11.9 Å². The number of aromatic nitrogens is 1. The second-order valence-corrected chi connectivity index (χ2v) is 5.94. The summed E-state index contributed by atoms with van der Waals surface area (Å²) in [6, 6.07) is 5.70. The third-order valence-corrected chi connectivity index (χ3v) is 4.25. The van der Waals surface area contributed by atoms with Crippen LogP contribution in [0.15, 0.2) is 30.5 Å². The molecule has 0 amide bonds. The third kappa shape index (κ3) is 4.76. The molecule has 0 aliphatic rings. The highest BCUT2D eigenvalue weighted by Crippen LogP contribution is 2.24. The molecule has 0 N–H and O–H groups in total. The molecule has 0 spiro atoms. The van der Waals surface area contributed by atoms with Gasteiger partial charge in [-0.25, -0.2) is 14.2 Å². The Bertz CT molecular complexity index is 720. The average molecular weight is 352 g/mol. The van der Waals surface area contributed by atoms with Crippen LogP contribution in [-0.4, -0.2) is 37.6 Å². The highest BCUT2D eigenvalue weighted by Gasteiger charge is 2.16. The van der Waals surface area contributed by atoms with E-state index in [2.05, 4.69) is 9.72 Å². The predicted molar refractivity (Wildman–Crippen MR) is 88.0 cm³/mol. The molecule has 0 bridgehead atoms. The van der Waals surface area contributed by atoms with E-state index in [0.29, 0.717) is 24.5 Å². The maximum atomic E-state index is 13.5. The summed E-state index contributed by atoms with van der Waals surface area (Å²) in [6.45, 7) is 0.588. The summed E-state index contributed by atoms with van der Waals surface area (Å²) < 4.78 is 23.1.